The van der Waals surface area contributed by atoms with Gasteiger partial charge >= 0.3 is 17.9 Å². The Morgan fingerprint density at radius 1 is 0.273 bits per heavy atom. The van der Waals surface area contributed by atoms with E-state index in [1.54, 1.807) is 0 Å². The van der Waals surface area contributed by atoms with Crippen LogP contribution in [-0.4, -0.2) is 37.2 Å². The van der Waals surface area contributed by atoms with Gasteiger partial charge < -0.3 is 14.2 Å². The molecule has 0 aromatic heterocycles. The van der Waals surface area contributed by atoms with Gasteiger partial charge in [-0.05, 0) is 122 Å². The maximum atomic E-state index is 12.8. The molecule has 0 bridgehead atoms. The van der Waals surface area contributed by atoms with Crippen LogP contribution in [0.3, 0.4) is 0 Å². The van der Waals surface area contributed by atoms with Gasteiger partial charge in [0, 0.05) is 19.3 Å². The Kier molecular flexibility index (Phi) is 60.4. The van der Waals surface area contributed by atoms with E-state index in [-0.39, 0.29) is 31.1 Å². The molecule has 0 N–H and O–H groups in total. The molecule has 0 rings (SSSR count). The smallest absolute Gasteiger partial charge is 0.306 e. The van der Waals surface area contributed by atoms with Gasteiger partial charge in [-0.3, -0.25) is 14.4 Å². The van der Waals surface area contributed by atoms with Gasteiger partial charge in [-0.2, -0.15) is 0 Å². The molecule has 0 aromatic rings. The summed E-state index contributed by atoms with van der Waals surface area (Å²) in [7, 11) is 0. The van der Waals surface area contributed by atoms with Crippen molar-refractivity contribution in [1.82, 2.24) is 0 Å². The van der Waals surface area contributed by atoms with Crippen molar-refractivity contribution in [2.24, 2.45) is 0 Å². The van der Waals surface area contributed by atoms with Crippen molar-refractivity contribution >= 4 is 17.9 Å². The average Bonchev–Trinajstić information content (AvgIpc) is 3.43. The summed E-state index contributed by atoms with van der Waals surface area (Å²) in [6, 6.07) is 0. The topological polar surface area (TPSA) is 78.9 Å². The van der Waals surface area contributed by atoms with E-state index < -0.39 is 6.10 Å². The van der Waals surface area contributed by atoms with E-state index in [0.717, 1.165) is 128 Å². The third-order valence-corrected chi connectivity index (χ3v) is 13.1. The molecular weight excluding hydrogens is 949 g/mol. The van der Waals surface area contributed by atoms with Crippen LogP contribution in [0.4, 0.5) is 0 Å². The predicted octanol–water partition coefficient (Wildman–Crippen LogP) is 21.8. The Labute approximate surface area is 475 Å². The zero-order chi connectivity index (χ0) is 55.7. The fraction of sp³-hybridized carbons (Fsp3) is 0.648. The Hall–Kier alpha value is -4.45. The summed E-state index contributed by atoms with van der Waals surface area (Å²) < 4.78 is 16.7. The molecule has 0 aromatic carbocycles. The van der Waals surface area contributed by atoms with Crippen LogP contribution in [0.1, 0.15) is 278 Å². The molecule has 0 saturated heterocycles. The second-order valence-electron chi connectivity index (χ2n) is 20.6. The fourth-order valence-electron chi connectivity index (χ4n) is 8.41. The molecule has 6 heteroatoms. The highest BCUT2D eigenvalue weighted by Crippen LogP contribution is 2.15. The molecule has 0 heterocycles. The fourth-order valence-corrected chi connectivity index (χ4v) is 8.41. The minimum atomic E-state index is -0.799. The summed E-state index contributed by atoms with van der Waals surface area (Å²) >= 11 is 0. The number of esters is 3. The molecule has 0 aliphatic heterocycles. The number of hydrogen-bond donors (Lipinski definition) is 0. The second-order valence-corrected chi connectivity index (χ2v) is 20.6. The minimum Gasteiger partial charge on any atom is -0.462 e. The van der Waals surface area contributed by atoms with Crippen LogP contribution in [-0.2, 0) is 28.6 Å². The molecule has 0 aliphatic carbocycles. The number of hydrogen-bond acceptors (Lipinski definition) is 6. The lowest BCUT2D eigenvalue weighted by Gasteiger charge is -2.18. The van der Waals surface area contributed by atoms with Crippen LogP contribution in [0.5, 0.6) is 0 Å². The number of allylic oxidation sites excluding steroid dienone is 22. The second kappa shape index (κ2) is 64.1. The summed E-state index contributed by atoms with van der Waals surface area (Å²) in [6.07, 6.45) is 90.8. The van der Waals surface area contributed by atoms with Crippen LogP contribution in [0.25, 0.3) is 0 Å². The maximum Gasteiger partial charge on any atom is 0.306 e. The normalized spacial score (nSPS) is 13.0. The standard InChI is InChI=1S/C71H116O6/c1-4-7-10-13-15-17-19-21-23-25-27-29-31-33-35-37-39-41-43-45-47-49-51-53-55-58-61-64-70(73)76-67-68(66-75-69(72)63-60-57-12-9-6-3)77-71(74)65-62-59-56-54-52-50-48-46-44-42-40-38-36-34-32-30-28-26-24-22-20-18-16-14-11-8-5-2/h7,10,15,17,20-23,26-29,32-35,39,41,45,47,51,53,68H,4-6,8-9,11-14,16,18-19,24-25,30-31,36-38,40,42-44,46,48-50,52,54-67H2,1-3H3/b10-7-,17-15-,22-20-,23-21-,28-26-,29-27-,34-32-,35-33-,41-39-,47-45-,53-51-. The Morgan fingerprint density at radius 3 is 0.818 bits per heavy atom. The first-order valence-corrected chi connectivity index (χ1v) is 31.7. The highest BCUT2D eigenvalue weighted by atomic mass is 16.6. The highest BCUT2D eigenvalue weighted by Gasteiger charge is 2.19. The number of rotatable bonds is 56. The van der Waals surface area contributed by atoms with E-state index in [4.69, 9.17) is 14.2 Å². The lowest BCUT2D eigenvalue weighted by atomic mass is 10.0. The molecule has 0 spiro atoms. The first-order valence-electron chi connectivity index (χ1n) is 31.7. The minimum absolute atomic E-state index is 0.0964. The first kappa shape index (κ1) is 72.5. The van der Waals surface area contributed by atoms with Crippen molar-refractivity contribution in [2.75, 3.05) is 13.2 Å². The zero-order valence-electron chi connectivity index (χ0n) is 49.9. The van der Waals surface area contributed by atoms with E-state index >= 15 is 0 Å². The van der Waals surface area contributed by atoms with Gasteiger partial charge in [-0.1, -0.05) is 270 Å². The number of carbonyl (C=O) groups excluding carboxylic acids is 3. The summed E-state index contributed by atoms with van der Waals surface area (Å²) in [4.78, 5) is 37.9. The molecular formula is C71H116O6. The summed E-state index contributed by atoms with van der Waals surface area (Å²) in [5.74, 6) is -0.959. The van der Waals surface area contributed by atoms with Gasteiger partial charge in [0.05, 0.1) is 0 Å². The van der Waals surface area contributed by atoms with E-state index in [2.05, 4.69) is 154 Å². The van der Waals surface area contributed by atoms with Crippen LogP contribution in [0.15, 0.2) is 134 Å². The Bertz CT molecular complexity index is 1650. The highest BCUT2D eigenvalue weighted by molar-refractivity contribution is 5.71. The van der Waals surface area contributed by atoms with E-state index in [1.807, 2.05) is 0 Å². The van der Waals surface area contributed by atoms with Crippen molar-refractivity contribution in [3.8, 4) is 0 Å². The lowest BCUT2D eigenvalue weighted by molar-refractivity contribution is -0.167. The van der Waals surface area contributed by atoms with Crippen LogP contribution >= 0.6 is 0 Å². The third-order valence-electron chi connectivity index (χ3n) is 13.1. The Morgan fingerprint density at radius 2 is 0.506 bits per heavy atom. The Balaban J connectivity index is 4.17. The molecule has 6 nitrogen and oxygen atoms in total. The van der Waals surface area contributed by atoms with Crippen molar-refractivity contribution < 1.29 is 28.6 Å². The molecule has 0 fully saturated rings. The van der Waals surface area contributed by atoms with Gasteiger partial charge in [-0.15, -0.1) is 0 Å². The van der Waals surface area contributed by atoms with Gasteiger partial charge in [0.15, 0.2) is 6.10 Å². The predicted molar refractivity (Wildman–Crippen MR) is 334 cm³/mol. The summed E-state index contributed by atoms with van der Waals surface area (Å²) in [6.45, 7) is 6.39. The average molecular weight is 1070 g/mol. The van der Waals surface area contributed by atoms with Gasteiger partial charge in [0.1, 0.15) is 13.2 Å². The summed E-state index contributed by atoms with van der Waals surface area (Å²) in [5, 5.41) is 0. The summed E-state index contributed by atoms with van der Waals surface area (Å²) in [5.41, 5.74) is 0. The van der Waals surface area contributed by atoms with Crippen molar-refractivity contribution in [1.29, 1.82) is 0 Å². The number of unbranched alkanes of at least 4 members (excludes halogenated alkanes) is 23. The van der Waals surface area contributed by atoms with Crippen LogP contribution < -0.4 is 0 Å². The van der Waals surface area contributed by atoms with Crippen molar-refractivity contribution in [3.05, 3.63) is 134 Å². The molecule has 1 unspecified atom stereocenters. The van der Waals surface area contributed by atoms with Crippen molar-refractivity contribution in [3.63, 3.8) is 0 Å². The van der Waals surface area contributed by atoms with Gasteiger partial charge in [0.2, 0.25) is 0 Å². The van der Waals surface area contributed by atoms with Crippen LogP contribution in [0.2, 0.25) is 0 Å². The quantitative estimate of drug-likeness (QED) is 0.0261. The van der Waals surface area contributed by atoms with E-state index in [0.29, 0.717) is 25.7 Å². The molecule has 0 saturated carbocycles. The third kappa shape index (κ3) is 62.3. The van der Waals surface area contributed by atoms with E-state index in [9.17, 15) is 14.4 Å². The maximum absolute atomic E-state index is 12.8. The van der Waals surface area contributed by atoms with Crippen molar-refractivity contribution in [2.45, 2.75) is 284 Å². The zero-order valence-corrected chi connectivity index (χ0v) is 49.9. The molecule has 436 valence electrons. The van der Waals surface area contributed by atoms with E-state index in [1.165, 1.54) is 103 Å². The SMILES string of the molecule is CC/C=C\C/C=C\C/C=C\C/C=C\C/C=C\C/C=C\C/C=C\C/C=C\CCCCC(=O)OCC(COC(=O)CCCCCCC)OC(=O)CCCCCCCCCCCCCC/C=C\C/C=C\C/C=C\CCCCCCC. The van der Waals surface area contributed by atoms with Gasteiger partial charge in [0.25, 0.3) is 0 Å². The molecule has 0 amide bonds. The first-order chi connectivity index (χ1) is 38.0. The lowest BCUT2D eigenvalue weighted by Crippen LogP contribution is -2.30. The molecule has 1 atom stereocenters. The molecule has 0 aliphatic rings. The molecule has 0 radical (unpaired) electrons. The monoisotopic (exact) mass is 1060 g/mol. The van der Waals surface area contributed by atoms with Gasteiger partial charge in [-0.25, -0.2) is 0 Å². The largest absolute Gasteiger partial charge is 0.462 e. The molecule has 77 heavy (non-hydrogen) atoms. The number of ether oxygens (including phenoxy) is 3. The number of carbonyl (C=O) groups is 3. The van der Waals surface area contributed by atoms with Crippen LogP contribution in [0, 0.1) is 0 Å².